The first-order valence-corrected chi connectivity index (χ1v) is 5.98. The van der Waals surface area contributed by atoms with Crippen LogP contribution in [0.3, 0.4) is 0 Å². The van der Waals surface area contributed by atoms with Crippen LogP contribution in [-0.4, -0.2) is 19.6 Å². The lowest BCUT2D eigenvalue weighted by Gasteiger charge is -2.12. The molecule has 1 aliphatic rings. The summed E-state index contributed by atoms with van der Waals surface area (Å²) in [4.78, 5) is 12.0. The minimum Gasteiger partial charge on any atom is -0.494 e. The van der Waals surface area contributed by atoms with Gasteiger partial charge in [-0.1, -0.05) is 19.4 Å². The highest BCUT2D eigenvalue weighted by Crippen LogP contribution is 2.34. The maximum Gasteiger partial charge on any atom is 0.229 e. The van der Waals surface area contributed by atoms with Gasteiger partial charge in [0.25, 0.3) is 0 Å². The Bertz CT molecular complexity index is 418. The highest BCUT2D eigenvalue weighted by molar-refractivity contribution is 5.99. The number of methoxy groups -OCH3 is 1. The molecule has 2 rings (SSSR count). The summed E-state index contributed by atoms with van der Waals surface area (Å²) in [6, 6.07) is 5.71. The molecule has 4 heteroatoms. The van der Waals surface area contributed by atoms with Crippen molar-refractivity contribution >= 4 is 17.3 Å². The van der Waals surface area contributed by atoms with E-state index in [4.69, 9.17) is 4.74 Å². The Hall–Kier alpha value is -1.71. The number of amides is 1. The molecule has 0 saturated heterocycles. The summed E-state index contributed by atoms with van der Waals surface area (Å²) < 4.78 is 5.26. The number of benzene rings is 1. The van der Waals surface area contributed by atoms with Crippen molar-refractivity contribution in [2.24, 2.45) is 5.92 Å². The average Bonchev–Trinajstić information content (AvgIpc) is 2.50. The van der Waals surface area contributed by atoms with Gasteiger partial charge in [-0.25, -0.2) is 0 Å². The van der Waals surface area contributed by atoms with E-state index in [0.29, 0.717) is 12.3 Å². The van der Waals surface area contributed by atoms with Crippen LogP contribution < -0.4 is 15.4 Å². The molecule has 1 aromatic rings. The number of anilines is 2. The molecule has 1 unspecified atom stereocenters. The highest BCUT2D eigenvalue weighted by atomic mass is 16.5. The van der Waals surface area contributed by atoms with Gasteiger partial charge < -0.3 is 15.4 Å². The molecule has 1 heterocycles. The molecule has 2 N–H and O–H groups in total. The van der Waals surface area contributed by atoms with Gasteiger partial charge in [-0.05, 0) is 18.6 Å². The molecule has 4 nitrogen and oxygen atoms in total. The van der Waals surface area contributed by atoms with Crippen molar-refractivity contribution in [3.8, 4) is 5.75 Å². The Morgan fingerprint density at radius 1 is 1.47 bits per heavy atom. The molecular formula is C13H18N2O2. The molecule has 1 amide bonds. The summed E-state index contributed by atoms with van der Waals surface area (Å²) in [5, 5.41) is 6.25. The number of hydrogen-bond acceptors (Lipinski definition) is 3. The van der Waals surface area contributed by atoms with E-state index in [2.05, 4.69) is 17.6 Å². The zero-order valence-electron chi connectivity index (χ0n) is 10.2. The Labute approximate surface area is 101 Å². The van der Waals surface area contributed by atoms with E-state index in [-0.39, 0.29) is 11.8 Å². The predicted octanol–water partition coefficient (Wildman–Crippen LogP) is 2.48. The Balaban J connectivity index is 2.28. The van der Waals surface area contributed by atoms with Crippen molar-refractivity contribution in [3.05, 3.63) is 18.2 Å². The van der Waals surface area contributed by atoms with Crippen LogP contribution in [-0.2, 0) is 4.79 Å². The molecule has 92 valence electrons. The van der Waals surface area contributed by atoms with Crippen LogP contribution in [0.2, 0.25) is 0 Å². The monoisotopic (exact) mass is 234 g/mol. The molecule has 0 fully saturated rings. The van der Waals surface area contributed by atoms with Crippen molar-refractivity contribution in [2.75, 3.05) is 24.3 Å². The number of carbonyl (C=O) groups excluding carboxylic acids is 1. The fourth-order valence-corrected chi connectivity index (χ4v) is 2.11. The van der Waals surface area contributed by atoms with Crippen LogP contribution in [0.25, 0.3) is 0 Å². The van der Waals surface area contributed by atoms with Crippen molar-refractivity contribution in [2.45, 2.75) is 19.8 Å². The Morgan fingerprint density at radius 2 is 2.29 bits per heavy atom. The molecule has 17 heavy (non-hydrogen) atoms. The van der Waals surface area contributed by atoms with E-state index < -0.39 is 0 Å². The fraction of sp³-hybridized carbons (Fsp3) is 0.462. The predicted molar refractivity (Wildman–Crippen MR) is 68.5 cm³/mol. The van der Waals surface area contributed by atoms with Gasteiger partial charge in [0.05, 0.1) is 18.7 Å². The molecule has 1 aliphatic heterocycles. The lowest BCUT2D eigenvalue weighted by atomic mass is 10.0. The number of para-hydroxylation sites is 1. The minimum absolute atomic E-state index is 0.0251. The Kier molecular flexibility index (Phi) is 3.52. The normalized spacial score (nSPS) is 18.7. The second-order valence-corrected chi connectivity index (χ2v) is 4.24. The Morgan fingerprint density at radius 3 is 3.00 bits per heavy atom. The van der Waals surface area contributed by atoms with Crippen LogP contribution in [0.5, 0.6) is 5.75 Å². The van der Waals surface area contributed by atoms with Crippen molar-refractivity contribution in [1.82, 2.24) is 0 Å². The van der Waals surface area contributed by atoms with Gasteiger partial charge in [0.2, 0.25) is 5.91 Å². The largest absolute Gasteiger partial charge is 0.494 e. The number of ether oxygens (including phenoxy) is 1. The first-order valence-electron chi connectivity index (χ1n) is 5.98. The van der Waals surface area contributed by atoms with E-state index in [1.165, 1.54) is 0 Å². The summed E-state index contributed by atoms with van der Waals surface area (Å²) in [6.45, 7) is 2.77. The second kappa shape index (κ2) is 5.08. The maximum atomic E-state index is 12.0. The third-order valence-corrected chi connectivity index (χ3v) is 3.04. The van der Waals surface area contributed by atoms with Gasteiger partial charge in [0.1, 0.15) is 11.4 Å². The maximum absolute atomic E-state index is 12.0. The van der Waals surface area contributed by atoms with Crippen LogP contribution in [0, 0.1) is 5.92 Å². The second-order valence-electron chi connectivity index (χ2n) is 4.24. The van der Waals surface area contributed by atoms with E-state index in [1.54, 1.807) is 7.11 Å². The van der Waals surface area contributed by atoms with Gasteiger partial charge in [0, 0.05) is 6.54 Å². The van der Waals surface area contributed by atoms with E-state index in [0.717, 1.165) is 24.2 Å². The zero-order chi connectivity index (χ0) is 12.3. The molecular weight excluding hydrogens is 216 g/mol. The molecule has 0 aromatic heterocycles. The highest BCUT2D eigenvalue weighted by Gasteiger charge is 2.24. The number of nitrogens with one attached hydrogen (secondary N) is 2. The molecule has 0 saturated carbocycles. The van der Waals surface area contributed by atoms with Gasteiger partial charge >= 0.3 is 0 Å². The summed E-state index contributed by atoms with van der Waals surface area (Å²) in [5.74, 6) is 0.792. The minimum atomic E-state index is 0.0251. The first kappa shape index (κ1) is 11.8. The van der Waals surface area contributed by atoms with Gasteiger partial charge in [-0.3, -0.25) is 4.79 Å². The number of carbonyl (C=O) groups is 1. The summed E-state index contributed by atoms with van der Waals surface area (Å²) >= 11 is 0. The topological polar surface area (TPSA) is 50.4 Å². The van der Waals surface area contributed by atoms with Crippen molar-refractivity contribution in [1.29, 1.82) is 0 Å². The summed E-state index contributed by atoms with van der Waals surface area (Å²) in [5.41, 5.74) is 1.68. The van der Waals surface area contributed by atoms with Gasteiger partial charge in [0.15, 0.2) is 0 Å². The molecule has 0 aliphatic carbocycles. The van der Waals surface area contributed by atoms with Crippen molar-refractivity contribution < 1.29 is 9.53 Å². The molecule has 1 aromatic carbocycles. The lowest BCUT2D eigenvalue weighted by Crippen LogP contribution is -2.25. The quantitative estimate of drug-likeness (QED) is 0.844. The van der Waals surface area contributed by atoms with Crippen LogP contribution in [0.1, 0.15) is 19.8 Å². The lowest BCUT2D eigenvalue weighted by molar-refractivity contribution is -0.119. The number of rotatable bonds is 3. The van der Waals surface area contributed by atoms with Gasteiger partial charge in [-0.15, -0.1) is 0 Å². The van der Waals surface area contributed by atoms with Gasteiger partial charge in [-0.2, -0.15) is 0 Å². The summed E-state index contributed by atoms with van der Waals surface area (Å²) in [6.07, 6.45) is 1.91. The molecule has 1 atom stereocenters. The molecule has 0 spiro atoms. The fourth-order valence-electron chi connectivity index (χ4n) is 2.11. The van der Waals surface area contributed by atoms with E-state index >= 15 is 0 Å². The SMILES string of the molecule is CCCC1CNc2cccc(OC)c2NC1=O. The van der Waals surface area contributed by atoms with Crippen molar-refractivity contribution in [3.63, 3.8) is 0 Å². The van der Waals surface area contributed by atoms with Crippen LogP contribution in [0.4, 0.5) is 11.4 Å². The van der Waals surface area contributed by atoms with E-state index in [1.807, 2.05) is 18.2 Å². The third kappa shape index (κ3) is 2.35. The molecule has 0 radical (unpaired) electrons. The van der Waals surface area contributed by atoms with Crippen LogP contribution >= 0.6 is 0 Å². The van der Waals surface area contributed by atoms with Crippen LogP contribution in [0.15, 0.2) is 18.2 Å². The first-order chi connectivity index (χ1) is 8.26. The number of fused-ring (bicyclic) bond motifs is 1. The third-order valence-electron chi connectivity index (χ3n) is 3.04. The molecule has 0 bridgehead atoms. The standard InChI is InChI=1S/C13H18N2O2/c1-3-5-9-8-14-10-6-4-7-11(17-2)12(10)15-13(9)16/h4,6-7,9,14H,3,5,8H2,1-2H3,(H,15,16). The average molecular weight is 234 g/mol. The smallest absolute Gasteiger partial charge is 0.229 e. The van der Waals surface area contributed by atoms with E-state index in [9.17, 15) is 4.79 Å². The zero-order valence-corrected chi connectivity index (χ0v) is 10.2. The number of hydrogen-bond donors (Lipinski definition) is 2. The summed E-state index contributed by atoms with van der Waals surface area (Å²) in [7, 11) is 1.61.